The molecule has 3 aromatic rings. The van der Waals surface area contributed by atoms with E-state index in [9.17, 15) is 4.79 Å². The van der Waals surface area contributed by atoms with Crippen molar-refractivity contribution < 1.29 is 13.9 Å². The van der Waals surface area contributed by atoms with E-state index in [1.807, 2.05) is 57.2 Å². The first-order valence-corrected chi connectivity index (χ1v) is 10.0. The molecule has 2 heterocycles. The van der Waals surface area contributed by atoms with Gasteiger partial charge in [-0.1, -0.05) is 29.4 Å². The van der Waals surface area contributed by atoms with Gasteiger partial charge in [-0.3, -0.25) is 9.69 Å². The molecular formula is C23H26N4O3. The van der Waals surface area contributed by atoms with Crippen LogP contribution < -0.4 is 10.2 Å². The summed E-state index contributed by atoms with van der Waals surface area (Å²) in [4.78, 5) is 15.1. The highest BCUT2D eigenvalue weighted by Gasteiger charge is 2.27. The summed E-state index contributed by atoms with van der Waals surface area (Å²) in [5.41, 5.74) is 4.34. The molecule has 0 radical (unpaired) electrons. The number of nitrogens with one attached hydrogen (secondary N) is 1. The van der Waals surface area contributed by atoms with Crippen molar-refractivity contribution >= 4 is 29.0 Å². The Labute approximate surface area is 176 Å². The fourth-order valence-corrected chi connectivity index (χ4v) is 3.48. The van der Waals surface area contributed by atoms with Crippen LogP contribution in [-0.4, -0.2) is 28.3 Å². The Morgan fingerprint density at radius 2 is 1.83 bits per heavy atom. The summed E-state index contributed by atoms with van der Waals surface area (Å²) in [7, 11) is 0. The highest BCUT2D eigenvalue weighted by Crippen LogP contribution is 2.38. The number of hydrogen-bond acceptors (Lipinski definition) is 6. The van der Waals surface area contributed by atoms with Gasteiger partial charge in [-0.15, -0.1) is 5.10 Å². The molecule has 2 aromatic carbocycles. The SMILES string of the molecule is Cc1nnc(Nc2ccc3c(c2)N(C(=O)COC(C)(C)C)c2ccccc2CC3)o1. The summed E-state index contributed by atoms with van der Waals surface area (Å²) in [5.74, 6) is 0.378. The molecule has 0 saturated heterocycles. The summed E-state index contributed by atoms with van der Waals surface area (Å²) >= 11 is 0. The minimum atomic E-state index is -0.400. The topological polar surface area (TPSA) is 80.5 Å². The van der Waals surface area contributed by atoms with Crippen LogP contribution in [-0.2, 0) is 22.4 Å². The van der Waals surface area contributed by atoms with E-state index in [0.717, 1.165) is 41.0 Å². The van der Waals surface area contributed by atoms with Crippen molar-refractivity contribution in [2.24, 2.45) is 0 Å². The number of carbonyl (C=O) groups excluding carboxylic acids is 1. The third kappa shape index (κ3) is 4.36. The maximum Gasteiger partial charge on any atom is 0.320 e. The highest BCUT2D eigenvalue weighted by molar-refractivity contribution is 6.03. The molecule has 4 rings (SSSR count). The number of nitrogens with zero attached hydrogens (tertiary/aromatic N) is 3. The van der Waals surface area contributed by atoms with Gasteiger partial charge in [0, 0.05) is 12.6 Å². The Hall–Kier alpha value is -3.19. The Morgan fingerprint density at radius 3 is 2.53 bits per heavy atom. The maximum absolute atomic E-state index is 13.3. The molecule has 0 unspecified atom stereocenters. The molecule has 0 aliphatic carbocycles. The normalized spacial score (nSPS) is 13.4. The van der Waals surface area contributed by atoms with E-state index < -0.39 is 5.60 Å². The van der Waals surface area contributed by atoms with Crippen molar-refractivity contribution in [2.45, 2.75) is 46.1 Å². The van der Waals surface area contributed by atoms with Crippen LogP contribution in [0, 0.1) is 6.92 Å². The molecule has 0 fully saturated rings. The Balaban J connectivity index is 1.73. The van der Waals surface area contributed by atoms with E-state index in [2.05, 4.69) is 21.6 Å². The van der Waals surface area contributed by atoms with Crippen molar-refractivity contribution in [3.8, 4) is 0 Å². The molecule has 30 heavy (non-hydrogen) atoms. The fraction of sp³-hybridized carbons (Fsp3) is 0.348. The zero-order chi connectivity index (χ0) is 21.3. The van der Waals surface area contributed by atoms with Crippen LogP contribution in [0.3, 0.4) is 0 Å². The van der Waals surface area contributed by atoms with Crippen molar-refractivity contribution in [3.05, 3.63) is 59.5 Å². The fourth-order valence-electron chi connectivity index (χ4n) is 3.48. The number of carbonyl (C=O) groups is 1. The van der Waals surface area contributed by atoms with Crippen LogP contribution >= 0.6 is 0 Å². The summed E-state index contributed by atoms with van der Waals surface area (Å²) in [6.07, 6.45) is 1.71. The molecule has 1 aliphatic heterocycles. The highest BCUT2D eigenvalue weighted by atomic mass is 16.5. The van der Waals surface area contributed by atoms with Crippen LogP contribution in [0.5, 0.6) is 0 Å². The minimum absolute atomic E-state index is 0.00220. The second-order valence-electron chi connectivity index (χ2n) is 8.35. The molecule has 7 heteroatoms. The van der Waals surface area contributed by atoms with Crippen molar-refractivity contribution in [1.82, 2.24) is 10.2 Å². The van der Waals surface area contributed by atoms with E-state index >= 15 is 0 Å². The van der Waals surface area contributed by atoms with Crippen LogP contribution in [0.2, 0.25) is 0 Å². The molecule has 1 aromatic heterocycles. The van der Waals surface area contributed by atoms with Gasteiger partial charge in [-0.05, 0) is 62.9 Å². The molecule has 7 nitrogen and oxygen atoms in total. The summed E-state index contributed by atoms with van der Waals surface area (Å²) in [5, 5.41) is 11.0. The van der Waals surface area contributed by atoms with Crippen LogP contribution in [0.15, 0.2) is 46.9 Å². The Bertz CT molecular complexity index is 1070. The summed E-state index contributed by atoms with van der Waals surface area (Å²) in [6, 6.07) is 14.3. The predicted molar refractivity (Wildman–Crippen MR) is 115 cm³/mol. The summed E-state index contributed by atoms with van der Waals surface area (Å²) in [6.45, 7) is 7.57. The zero-order valence-corrected chi connectivity index (χ0v) is 17.7. The number of fused-ring (bicyclic) bond motifs is 2. The number of rotatable bonds is 4. The molecule has 0 atom stereocenters. The lowest BCUT2D eigenvalue weighted by atomic mass is 10.0. The second kappa shape index (κ2) is 7.91. The predicted octanol–water partition coefficient (Wildman–Crippen LogP) is 4.70. The standard InChI is InChI=1S/C23H26N4O3/c1-15-25-26-22(30-15)24-18-12-11-17-10-9-16-7-5-6-8-19(16)27(20(17)13-18)21(28)14-29-23(2,3)4/h5-8,11-13H,9-10,14H2,1-4H3,(H,24,26). The van der Waals surface area contributed by atoms with Gasteiger partial charge >= 0.3 is 6.01 Å². The number of anilines is 4. The van der Waals surface area contributed by atoms with Gasteiger partial charge in [0.25, 0.3) is 5.91 Å². The Kier molecular flexibility index (Phi) is 5.30. The lowest BCUT2D eigenvalue weighted by molar-refractivity contribution is -0.127. The molecule has 0 spiro atoms. The van der Waals surface area contributed by atoms with Crippen molar-refractivity contribution in [1.29, 1.82) is 0 Å². The number of hydrogen-bond donors (Lipinski definition) is 1. The first-order valence-electron chi connectivity index (χ1n) is 10.0. The molecule has 0 bridgehead atoms. The van der Waals surface area contributed by atoms with E-state index in [4.69, 9.17) is 9.15 Å². The molecule has 1 amide bonds. The quantitative estimate of drug-likeness (QED) is 0.676. The Morgan fingerprint density at radius 1 is 1.10 bits per heavy atom. The lowest BCUT2D eigenvalue weighted by Gasteiger charge is -2.27. The molecule has 1 N–H and O–H groups in total. The van der Waals surface area contributed by atoms with Gasteiger partial charge < -0.3 is 14.5 Å². The van der Waals surface area contributed by atoms with Gasteiger partial charge in [0.2, 0.25) is 5.89 Å². The number of benzene rings is 2. The number of para-hydroxylation sites is 1. The first kappa shape index (κ1) is 20.1. The van der Waals surface area contributed by atoms with E-state index in [0.29, 0.717) is 11.9 Å². The van der Waals surface area contributed by atoms with E-state index in [-0.39, 0.29) is 12.5 Å². The maximum atomic E-state index is 13.3. The van der Waals surface area contributed by atoms with Gasteiger partial charge in [-0.25, -0.2) is 0 Å². The third-order valence-corrected chi connectivity index (χ3v) is 4.88. The lowest BCUT2D eigenvalue weighted by Crippen LogP contribution is -2.34. The summed E-state index contributed by atoms with van der Waals surface area (Å²) < 4.78 is 11.2. The van der Waals surface area contributed by atoms with E-state index in [1.165, 1.54) is 0 Å². The van der Waals surface area contributed by atoms with Crippen LogP contribution in [0.1, 0.15) is 37.8 Å². The average Bonchev–Trinajstić information content (AvgIpc) is 3.03. The molecule has 0 saturated carbocycles. The molecule has 1 aliphatic rings. The van der Waals surface area contributed by atoms with Crippen molar-refractivity contribution in [2.75, 3.05) is 16.8 Å². The largest absolute Gasteiger partial charge is 0.408 e. The monoisotopic (exact) mass is 406 g/mol. The number of ether oxygens (including phenoxy) is 1. The number of amides is 1. The van der Waals surface area contributed by atoms with Gasteiger partial charge in [0.15, 0.2) is 0 Å². The zero-order valence-electron chi connectivity index (χ0n) is 17.7. The first-order chi connectivity index (χ1) is 14.3. The smallest absolute Gasteiger partial charge is 0.320 e. The average molecular weight is 406 g/mol. The number of aromatic nitrogens is 2. The van der Waals surface area contributed by atoms with Crippen LogP contribution in [0.25, 0.3) is 0 Å². The van der Waals surface area contributed by atoms with Gasteiger partial charge in [0.1, 0.15) is 6.61 Å². The van der Waals surface area contributed by atoms with Gasteiger partial charge in [-0.2, -0.15) is 0 Å². The van der Waals surface area contributed by atoms with Crippen molar-refractivity contribution in [3.63, 3.8) is 0 Å². The molecular weight excluding hydrogens is 380 g/mol. The third-order valence-electron chi connectivity index (χ3n) is 4.88. The van der Waals surface area contributed by atoms with Crippen LogP contribution in [0.4, 0.5) is 23.1 Å². The number of aryl methyl sites for hydroxylation is 3. The van der Waals surface area contributed by atoms with E-state index in [1.54, 1.807) is 11.8 Å². The van der Waals surface area contributed by atoms with Gasteiger partial charge in [0.05, 0.1) is 17.0 Å². The molecule has 156 valence electrons. The second-order valence-corrected chi connectivity index (χ2v) is 8.35. The minimum Gasteiger partial charge on any atom is -0.408 e.